The molecule has 0 bridgehead atoms. The number of imidazole rings is 1. The third kappa shape index (κ3) is 1.49. The second kappa shape index (κ2) is 3.54. The number of aromatic amines is 1. The molecule has 0 unspecified atom stereocenters. The third-order valence-electron chi connectivity index (χ3n) is 1.56. The number of aromatic nitrogens is 4. The van der Waals surface area contributed by atoms with E-state index >= 15 is 0 Å². The first-order chi connectivity index (χ1) is 6.81. The lowest BCUT2D eigenvalue weighted by atomic mass is 10.5. The predicted molar refractivity (Wildman–Crippen MR) is 44.2 cm³/mol. The van der Waals surface area contributed by atoms with E-state index in [9.17, 15) is 4.39 Å². The number of aliphatic hydroxyl groups excluding tert-OH is 1. The zero-order valence-corrected chi connectivity index (χ0v) is 7.07. The lowest BCUT2D eigenvalue weighted by molar-refractivity contribution is 0.196. The Morgan fingerprint density at radius 2 is 2.36 bits per heavy atom. The molecule has 2 aromatic rings. The molecule has 0 aliphatic rings. The molecule has 2 heterocycles. The van der Waals surface area contributed by atoms with E-state index in [2.05, 4.69) is 19.9 Å². The maximum atomic E-state index is 12.8. The number of ether oxygens (including phenoxy) is 1. The summed E-state index contributed by atoms with van der Waals surface area (Å²) in [5.74, 6) is 0.0547. The van der Waals surface area contributed by atoms with Crippen molar-refractivity contribution in [2.75, 3.05) is 13.2 Å². The first kappa shape index (κ1) is 8.82. The van der Waals surface area contributed by atoms with Crippen LogP contribution in [0.4, 0.5) is 4.39 Å². The van der Waals surface area contributed by atoms with Gasteiger partial charge in [-0.25, -0.2) is 4.98 Å². The van der Waals surface area contributed by atoms with Crippen LogP contribution in [0, 0.1) is 6.08 Å². The van der Waals surface area contributed by atoms with Gasteiger partial charge in [-0.1, -0.05) is 0 Å². The van der Waals surface area contributed by atoms with Crippen LogP contribution in [-0.4, -0.2) is 38.3 Å². The summed E-state index contributed by atoms with van der Waals surface area (Å²) >= 11 is 0. The molecule has 0 radical (unpaired) electrons. The fourth-order valence-corrected chi connectivity index (χ4v) is 1.03. The van der Waals surface area contributed by atoms with Gasteiger partial charge in [-0.3, -0.25) is 0 Å². The van der Waals surface area contributed by atoms with E-state index in [1.807, 2.05) is 0 Å². The minimum absolute atomic E-state index is 0.0462. The highest BCUT2D eigenvalue weighted by molar-refractivity contribution is 5.74. The summed E-state index contributed by atoms with van der Waals surface area (Å²) in [4.78, 5) is 13.3. The van der Waals surface area contributed by atoms with E-state index in [0.29, 0.717) is 5.52 Å². The molecule has 0 aliphatic carbocycles. The maximum Gasteiger partial charge on any atom is 0.314 e. The van der Waals surface area contributed by atoms with Gasteiger partial charge in [-0.15, -0.1) is 0 Å². The summed E-state index contributed by atoms with van der Waals surface area (Å²) in [6.07, 6.45) is 0.461. The first-order valence-corrected chi connectivity index (χ1v) is 3.91. The van der Waals surface area contributed by atoms with E-state index in [0.717, 1.165) is 0 Å². The average molecular weight is 198 g/mol. The molecule has 7 heteroatoms. The third-order valence-corrected chi connectivity index (χ3v) is 1.56. The van der Waals surface area contributed by atoms with E-state index in [1.54, 1.807) is 0 Å². The first-order valence-electron chi connectivity index (χ1n) is 3.91. The maximum absolute atomic E-state index is 12.8. The number of H-pyrrole nitrogens is 1. The van der Waals surface area contributed by atoms with Crippen LogP contribution in [0.5, 0.6) is 5.88 Å². The number of hydrogen-bond donors (Lipinski definition) is 2. The van der Waals surface area contributed by atoms with Crippen LogP contribution >= 0.6 is 0 Å². The molecule has 74 valence electrons. The van der Waals surface area contributed by atoms with Crippen LogP contribution < -0.4 is 4.74 Å². The van der Waals surface area contributed by atoms with Crippen molar-refractivity contribution < 1.29 is 14.2 Å². The molecule has 0 atom stereocenters. The summed E-state index contributed by atoms with van der Waals surface area (Å²) in [5, 5.41) is 8.53. The number of rotatable bonds is 3. The monoisotopic (exact) mass is 198 g/mol. The van der Waals surface area contributed by atoms with Crippen molar-refractivity contribution in [1.82, 2.24) is 19.9 Å². The van der Waals surface area contributed by atoms with E-state index in [-0.39, 0.29) is 24.7 Å². The second-order valence-electron chi connectivity index (χ2n) is 2.47. The van der Waals surface area contributed by atoms with Crippen molar-refractivity contribution in [3.63, 3.8) is 0 Å². The lowest BCUT2D eigenvalue weighted by Gasteiger charge is -2.02. The predicted octanol–water partition coefficient (Wildman–Crippen LogP) is -0.137. The molecule has 2 N–H and O–H groups in total. The molecule has 0 saturated carbocycles. The van der Waals surface area contributed by atoms with Crippen LogP contribution in [0.3, 0.4) is 0 Å². The van der Waals surface area contributed by atoms with Crippen LogP contribution in [0.15, 0.2) is 6.33 Å². The number of nitrogens with one attached hydrogen (secondary N) is 1. The molecule has 6 nitrogen and oxygen atoms in total. The Labute approximate surface area is 77.8 Å². The van der Waals surface area contributed by atoms with Crippen LogP contribution in [0.1, 0.15) is 0 Å². The SMILES string of the molecule is OCCOc1nc(F)nc2nc[nH]c12. The van der Waals surface area contributed by atoms with Crippen molar-refractivity contribution in [3.8, 4) is 5.88 Å². The standard InChI is InChI=1S/C7H7FN4O2/c8-7-11-5-4(9-3-10-5)6(12-7)14-2-1-13/h3,13H,1-2H2,(H,9,10,11,12). The van der Waals surface area contributed by atoms with Crippen molar-refractivity contribution >= 4 is 11.2 Å². The number of aliphatic hydroxyl groups is 1. The number of fused-ring (bicyclic) bond motifs is 1. The van der Waals surface area contributed by atoms with Gasteiger partial charge in [0.2, 0.25) is 5.88 Å². The van der Waals surface area contributed by atoms with Gasteiger partial charge in [0.05, 0.1) is 12.9 Å². The van der Waals surface area contributed by atoms with Gasteiger partial charge < -0.3 is 14.8 Å². The van der Waals surface area contributed by atoms with Crippen molar-refractivity contribution in [2.45, 2.75) is 0 Å². The molecule has 2 rings (SSSR count). The molecular weight excluding hydrogens is 191 g/mol. The van der Waals surface area contributed by atoms with Gasteiger partial charge in [0.15, 0.2) is 5.65 Å². The topological polar surface area (TPSA) is 83.9 Å². The second-order valence-corrected chi connectivity index (χ2v) is 2.47. The largest absolute Gasteiger partial charge is 0.474 e. The van der Waals surface area contributed by atoms with Gasteiger partial charge in [0.25, 0.3) is 0 Å². The van der Waals surface area contributed by atoms with Gasteiger partial charge in [-0.05, 0) is 0 Å². The van der Waals surface area contributed by atoms with Crippen LogP contribution in [-0.2, 0) is 0 Å². The molecule has 0 amide bonds. The zero-order chi connectivity index (χ0) is 9.97. The molecule has 0 aliphatic heterocycles. The quantitative estimate of drug-likeness (QED) is 0.671. The Bertz CT molecular complexity index is 444. The lowest BCUT2D eigenvalue weighted by Crippen LogP contribution is -2.05. The van der Waals surface area contributed by atoms with Crippen molar-refractivity contribution in [2.24, 2.45) is 0 Å². The highest BCUT2D eigenvalue weighted by Gasteiger charge is 2.10. The fraction of sp³-hybridized carbons (Fsp3) is 0.286. The normalized spacial score (nSPS) is 10.7. The fourth-order valence-electron chi connectivity index (χ4n) is 1.03. The van der Waals surface area contributed by atoms with Gasteiger partial charge in [0.1, 0.15) is 12.1 Å². The zero-order valence-electron chi connectivity index (χ0n) is 7.07. The molecule has 0 spiro atoms. The molecule has 2 aromatic heterocycles. The van der Waals surface area contributed by atoms with Gasteiger partial charge in [0, 0.05) is 0 Å². The highest BCUT2D eigenvalue weighted by Crippen LogP contribution is 2.17. The number of hydrogen-bond acceptors (Lipinski definition) is 5. The summed E-state index contributed by atoms with van der Waals surface area (Å²) in [5.41, 5.74) is 0.616. The summed E-state index contributed by atoms with van der Waals surface area (Å²) in [6, 6.07) is 0. The molecule has 14 heavy (non-hydrogen) atoms. The van der Waals surface area contributed by atoms with E-state index < -0.39 is 6.08 Å². The number of halogens is 1. The van der Waals surface area contributed by atoms with Crippen LogP contribution in [0.25, 0.3) is 11.2 Å². The van der Waals surface area contributed by atoms with E-state index in [1.165, 1.54) is 6.33 Å². The summed E-state index contributed by atoms with van der Waals surface area (Å²) < 4.78 is 17.8. The minimum atomic E-state index is -0.905. The highest BCUT2D eigenvalue weighted by atomic mass is 19.1. The number of nitrogens with zero attached hydrogens (tertiary/aromatic N) is 3. The molecule has 0 saturated heterocycles. The van der Waals surface area contributed by atoms with Crippen LogP contribution in [0.2, 0.25) is 0 Å². The summed E-state index contributed by atoms with van der Waals surface area (Å²) in [6.45, 7) is -0.119. The molecule has 0 fully saturated rings. The van der Waals surface area contributed by atoms with Crippen molar-refractivity contribution in [3.05, 3.63) is 12.4 Å². The van der Waals surface area contributed by atoms with Gasteiger partial charge in [-0.2, -0.15) is 14.4 Å². The average Bonchev–Trinajstić information content (AvgIpc) is 2.61. The minimum Gasteiger partial charge on any atom is -0.474 e. The van der Waals surface area contributed by atoms with E-state index in [4.69, 9.17) is 9.84 Å². The Kier molecular flexibility index (Phi) is 2.23. The molecular formula is C7H7FN4O2. The summed E-state index contributed by atoms with van der Waals surface area (Å²) in [7, 11) is 0. The van der Waals surface area contributed by atoms with Crippen molar-refractivity contribution in [1.29, 1.82) is 0 Å². The Hall–Kier alpha value is -1.76. The molecule has 0 aromatic carbocycles. The smallest absolute Gasteiger partial charge is 0.314 e. The Morgan fingerprint density at radius 1 is 1.50 bits per heavy atom. The Balaban J connectivity index is 2.44. The Morgan fingerprint density at radius 3 is 3.14 bits per heavy atom. The van der Waals surface area contributed by atoms with Gasteiger partial charge >= 0.3 is 6.08 Å².